The number of rotatable bonds is 8. The van der Waals surface area contributed by atoms with Crippen LogP contribution in [0.3, 0.4) is 0 Å². The first kappa shape index (κ1) is 21.4. The van der Waals surface area contributed by atoms with Crippen LogP contribution in [0, 0.1) is 0 Å². The Morgan fingerprint density at radius 3 is 2.41 bits per heavy atom. The molecule has 1 amide bonds. The van der Waals surface area contributed by atoms with E-state index in [-0.39, 0.29) is 5.91 Å². The summed E-state index contributed by atoms with van der Waals surface area (Å²) >= 11 is 0. The van der Waals surface area contributed by atoms with Gasteiger partial charge in [0.25, 0.3) is 15.9 Å². The molecule has 1 aromatic heterocycles. The van der Waals surface area contributed by atoms with Gasteiger partial charge in [-0.25, -0.2) is 8.42 Å². The first-order valence-corrected chi connectivity index (χ1v) is 11.7. The van der Waals surface area contributed by atoms with E-state index in [1.165, 1.54) is 6.08 Å². The van der Waals surface area contributed by atoms with Crippen LogP contribution in [-0.2, 0) is 16.4 Å². The third-order valence-corrected chi connectivity index (χ3v) is 6.02. The number of aromatic nitrogens is 1. The van der Waals surface area contributed by atoms with E-state index in [1.807, 2.05) is 54.7 Å². The number of fused-ring (bicyclic) bond motifs is 1. The number of H-pyrrole nitrogens is 1. The summed E-state index contributed by atoms with van der Waals surface area (Å²) in [5.74, 6) is -0.205. The van der Waals surface area contributed by atoms with Crippen molar-refractivity contribution < 1.29 is 13.2 Å². The lowest BCUT2D eigenvalue weighted by Crippen LogP contribution is -2.25. The molecule has 0 spiro atoms. The molecule has 0 atom stereocenters. The average Bonchev–Trinajstić information content (AvgIpc) is 3.22. The molecule has 162 valence electrons. The zero-order valence-electron chi connectivity index (χ0n) is 17.3. The third kappa shape index (κ3) is 5.44. The van der Waals surface area contributed by atoms with Crippen molar-refractivity contribution in [2.45, 2.75) is 6.42 Å². The number of anilines is 1. The van der Waals surface area contributed by atoms with Crippen LogP contribution in [0.4, 0.5) is 5.69 Å². The molecule has 3 N–H and O–H groups in total. The van der Waals surface area contributed by atoms with Crippen LogP contribution in [-0.4, -0.2) is 25.9 Å². The molecule has 3 aromatic carbocycles. The maximum atomic E-state index is 12.4. The number of carbonyl (C=O) groups excluding carboxylic acids is 1. The highest BCUT2D eigenvalue weighted by Gasteiger charge is 2.09. The van der Waals surface area contributed by atoms with Gasteiger partial charge in [0.2, 0.25) is 0 Å². The smallest absolute Gasteiger partial charge is 0.255 e. The largest absolute Gasteiger partial charge is 0.361 e. The number of hydrogen-bond acceptors (Lipinski definition) is 3. The van der Waals surface area contributed by atoms with Crippen LogP contribution in [0.25, 0.3) is 17.0 Å². The van der Waals surface area contributed by atoms with Gasteiger partial charge >= 0.3 is 0 Å². The highest BCUT2D eigenvalue weighted by Crippen LogP contribution is 2.18. The highest BCUT2D eigenvalue weighted by atomic mass is 32.2. The molecular formula is C25H23N3O3S. The molecule has 1 heterocycles. The summed E-state index contributed by atoms with van der Waals surface area (Å²) in [5, 5.41) is 5.18. The van der Waals surface area contributed by atoms with Crippen molar-refractivity contribution in [3.63, 3.8) is 0 Å². The second-order valence-corrected chi connectivity index (χ2v) is 8.87. The van der Waals surface area contributed by atoms with E-state index in [0.29, 0.717) is 24.2 Å². The summed E-state index contributed by atoms with van der Waals surface area (Å²) in [5.41, 5.74) is 3.86. The van der Waals surface area contributed by atoms with Crippen LogP contribution in [0.1, 0.15) is 21.5 Å². The summed E-state index contributed by atoms with van der Waals surface area (Å²) in [7, 11) is -3.66. The fourth-order valence-corrected chi connectivity index (χ4v) is 4.24. The topological polar surface area (TPSA) is 91.1 Å². The maximum absolute atomic E-state index is 12.4. The van der Waals surface area contributed by atoms with Crippen molar-refractivity contribution in [1.29, 1.82) is 0 Å². The van der Waals surface area contributed by atoms with Gasteiger partial charge in [0.05, 0.1) is 5.41 Å². The molecule has 7 heteroatoms. The summed E-state index contributed by atoms with van der Waals surface area (Å²) < 4.78 is 27.0. The van der Waals surface area contributed by atoms with Gasteiger partial charge in [-0.2, -0.15) is 0 Å². The van der Waals surface area contributed by atoms with Gasteiger partial charge in [-0.1, -0.05) is 48.5 Å². The van der Waals surface area contributed by atoms with Crippen molar-refractivity contribution in [2.24, 2.45) is 0 Å². The third-order valence-electron chi connectivity index (χ3n) is 5.00. The van der Waals surface area contributed by atoms with Crippen molar-refractivity contribution in [2.75, 3.05) is 11.3 Å². The van der Waals surface area contributed by atoms with E-state index < -0.39 is 10.0 Å². The van der Waals surface area contributed by atoms with Crippen LogP contribution in [0.2, 0.25) is 0 Å². The molecule has 0 aliphatic carbocycles. The van der Waals surface area contributed by atoms with Gasteiger partial charge in [-0.3, -0.25) is 9.52 Å². The Balaban J connectivity index is 1.31. The van der Waals surface area contributed by atoms with E-state index in [2.05, 4.69) is 21.1 Å². The fourth-order valence-electron chi connectivity index (χ4n) is 3.37. The first-order chi connectivity index (χ1) is 15.5. The molecule has 0 aliphatic rings. The van der Waals surface area contributed by atoms with Gasteiger partial charge < -0.3 is 10.3 Å². The Bertz CT molecular complexity index is 1340. The molecule has 4 aromatic rings. The van der Waals surface area contributed by atoms with E-state index in [9.17, 15) is 13.2 Å². The Morgan fingerprint density at radius 2 is 1.62 bits per heavy atom. The summed E-state index contributed by atoms with van der Waals surface area (Å²) in [6.07, 6.45) is 4.20. The van der Waals surface area contributed by atoms with E-state index in [1.54, 1.807) is 24.3 Å². The number of hydrogen-bond donors (Lipinski definition) is 3. The number of carbonyl (C=O) groups is 1. The van der Waals surface area contributed by atoms with E-state index in [4.69, 9.17) is 0 Å². The molecule has 0 aliphatic heterocycles. The number of para-hydroxylation sites is 1. The summed E-state index contributed by atoms with van der Waals surface area (Å²) in [4.78, 5) is 15.7. The Labute approximate surface area is 187 Å². The predicted octanol–water partition coefficient (Wildman–Crippen LogP) is 4.55. The standard InChI is InChI=1S/C25H23N3O3S/c29-25(26-16-14-21-18-27-24-9-5-4-8-23(21)24)20-10-12-22(13-11-20)28-32(30,31)17-15-19-6-2-1-3-7-19/h1-13,15,17-18,27-28H,14,16H2,(H,26,29)/b17-15+. The van der Waals surface area contributed by atoms with Crippen LogP contribution in [0.5, 0.6) is 0 Å². The highest BCUT2D eigenvalue weighted by molar-refractivity contribution is 7.95. The molecular weight excluding hydrogens is 422 g/mol. The van der Waals surface area contributed by atoms with Gasteiger partial charge in [0.15, 0.2) is 0 Å². The first-order valence-electron chi connectivity index (χ1n) is 10.2. The second kappa shape index (κ2) is 9.53. The molecule has 0 saturated heterocycles. The number of sulfonamides is 1. The van der Waals surface area contributed by atoms with Crippen LogP contribution in [0.15, 0.2) is 90.5 Å². The molecule has 0 saturated carbocycles. The number of benzene rings is 3. The normalized spacial score (nSPS) is 11.6. The van der Waals surface area contributed by atoms with Crippen molar-refractivity contribution in [3.05, 3.63) is 107 Å². The van der Waals surface area contributed by atoms with Crippen LogP contribution < -0.4 is 10.0 Å². The minimum absolute atomic E-state index is 0.205. The van der Waals surface area contributed by atoms with Crippen LogP contribution >= 0.6 is 0 Å². The molecule has 32 heavy (non-hydrogen) atoms. The Hall–Kier alpha value is -3.84. The maximum Gasteiger partial charge on any atom is 0.255 e. The fraction of sp³-hybridized carbons (Fsp3) is 0.0800. The van der Waals surface area contributed by atoms with Crippen molar-refractivity contribution in [3.8, 4) is 0 Å². The molecule has 0 fully saturated rings. The van der Waals surface area contributed by atoms with Crippen molar-refractivity contribution >= 4 is 38.6 Å². The average molecular weight is 446 g/mol. The van der Waals surface area contributed by atoms with Gasteiger partial charge in [-0.05, 0) is 54.0 Å². The summed E-state index contributed by atoms with van der Waals surface area (Å²) in [6, 6.07) is 23.6. The lowest BCUT2D eigenvalue weighted by molar-refractivity contribution is 0.0954. The van der Waals surface area contributed by atoms with E-state index in [0.717, 1.165) is 27.4 Å². The minimum atomic E-state index is -3.66. The molecule has 0 unspecified atom stereocenters. The minimum Gasteiger partial charge on any atom is -0.361 e. The molecule has 6 nitrogen and oxygen atoms in total. The second-order valence-electron chi connectivity index (χ2n) is 7.30. The molecule has 0 bridgehead atoms. The Kier molecular flexibility index (Phi) is 6.37. The van der Waals surface area contributed by atoms with Gasteiger partial charge in [-0.15, -0.1) is 0 Å². The lowest BCUT2D eigenvalue weighted by atomic mass is 10.1. The zero-order valence-corrected chi connectivity index (χ0v) is 18.1. The SMILES string of the molecule is O=C(NCCc1c[nH]c2ccccc12)c1ccc(NS(=O)(=O)/C=C/c2ccccc2)cc1. The molecule has 4 rings (SSSR count). The zero-order chi connectivity index (χ0) is 22.4. The quantitative estimate of drug-likeness (QED) is 0.371. The molecule has 0 radical (unpaired) electrons. The summed E-state index contributed by atoms with van der Waals surface area (Å²) in [6.45, 7) is 0.499. The predicted molar refractivity (Wildman–Crippen MR) is 129 cm³/mol. The van der Waals surface area contributed by atoms with E-state index >= 15 is 0 Å². The number of nitrogens with one attached hydrogen (secondary N) is 3. The number of amides is 1. The Morgan fingerprint density at radius 1 is 0.906 bits per heavy atom. The monoisotopic (exact) mass is 445 g/mol. The van der Waals surface area contributed by atoms with Crippen molar-refractivity contribution in [1.82, 2.24) is 10.3 Å². The lowest BCUT2D eigenvalue weighted by Gasteiger charge is -2.07. The number of aromatic amines is 1. The van der Waals surface area contributed by atoms with Gasteiger partial charge in [0, 0.05) is 34.9 Å². The van der Waals surface area contributed by atoms with Gasteiger partial charge in [0.1, 0.15) is 0 Å².